The number of aromatic nitrogens is 2. The molecule has 0 radical (unpaired) electrons. The number of hydrogen-bond acceptors (Lipinski definition) is 6. The number of thiophene rings is 1. The van der Waals surface area contributed by atoms with Gasteiger partial charge in [0, 0.05) is 35.7 Å². The van der Waals surface area contributed by atoms with Crippen LogP contribution in [0.3, 0.4) is 0 Å². The van der Waals surface area contributed by atoms with Crippen LogP contribution in [0.1, 0.15) is 56.9 Å². The number of nitrogens with zero attached hydrogens (tertiary/aromatic N) is 3. The van der Waals surface area contributed by atoms with Crippen molar-refractivity contribution in [1.82, 2.24) is 9.97 Å². The van der Waals surface area contributed by atoms with Crippen LogP contribution < -0.4 is 4.90 Å². The summed E-state index contributed by atoms with van der Waals surface area (Å²) in [6.45, 7) is 9.58. The Labute approximate surface area is 158 Å². The third kappa shape index (κ3) is 3.28. The summed E-state index contributed by atoms with van der Waals surface area (Å²) in [4.78, 5) is 13.8. The Balaban J connectivity index is 1.81. The summed E-state index contributed by atoms with van der Waals surface area (Å²) in [6, 6.07) is 0. The highest BCUT2D eigenvalue weighted by Gasteiger charge is 2.33. The van der Waals surface area contributed by atoms with Crippen LogP contribution in [-0.4, -0.2) is 34.4 Å². The van der Waals surface area contributed by atoms with Gasteiger partial charge in [-0.25, -0.2) is 9.97 Å². The minimum Gasteiger partial charge on any atom is -0.370 e. The molecule has 0 aliphatic carbocycles. The van der Waals surface area contributed by atoms with Gasteiger partial charge < -0.3 is 9.64 Å². The van der Waals surface area contributed by atoms with Crippen molar-refractivity contribution in [2.75, 3.05) is 23.7 Å². The number of ether oxygens (including phenoxy) is 1. The number of rotatable bonds is 5. The zero-order chi connectivity index (χ0) is 17.4. The Morgan fingerprint density at radius 1 is 1.24 bits per heavy atom. The molecule has 0 amide bonds. The molecular weight excluding hydrogens is 350 g/mol. The number of anilines is 1. The predicted molar refractivity (Wildman–Crippen MR) is 107 cm³/mol. The molecule has 1 saturated heterocycles. The van der Waals surface area contributed by atoms with Crippen molar-refractivity contribution >= 4 is 39.1 Å². The van der Waals surface area contributed by atoms with Gasteiger partial charge in [-0.1, -0.05) is 25.6 Å². The molecule has 2 aliphatic rings. The van der Waals surface area contributed by atoms with Crippen molar-refractivity contribution in [3.05, 3.63) is 10.4 Å². The standard InChI is InChI=1S/C19H27N3OS2/c1-4-10-24-18-20-15-13-12-23-19(3,5-2)11-14(13)25-16(15)17(21-18)22-8-6-7-9-22/h4-12H2,1-3H3. The van der Waals surface area contributed by atoms with Crippen LogP contribution in [-0.2, 0) is 17.8 Å². The maximum absolute atomic E-state index is 6.22. The van der Waals surface area contributed by atoms with Gasteiger partial charge in [-0.15, -0.1) is 11.3 Å². The third-order valence-corrected chi connectivity index (χ3v) is 7.63. The van der Waals surface area contributed by atoms with Crippen LogP contribution in [0, 0.1) is 0 Å². The minimum absolute atomic E-state index is 0.0328. The van der Waals surface area contributed by atoms with Crippen LogP contribution in [0.25, 0.3) is 10.2 Å². The largest absolute Gasteiger partial charge is 0.370 e. The molecule has 1 atom stereocenters. The molecule has 0 aromatic carbocycles. The number of fused-ring (bicyclic) bond motifs is 3. The van der Waals surface area contributed by atoms with Crippen LogP contribution in [0.4, 0.5) is 5.82 Å². The highest BCUT2D eigenvalue weighted by molar-refractivity contribution is 7.99. The Morgan fingerprint density at radius 2 is 2.04 bits per heavy atom. The molecule has 25 heavy (non-hydrogen) atoms. The molecule has 0 N–H and O–H groups in total. The number of hydrogen-bond donors (Lipinski definition) is 0. The monoisotopic (exact) mass is 377 g/mol. The fraction of sp³-hybridized carbons (Fsp3) is 0.684. The van der Waals surface area contributed by atoms with Crippen molar-refractivity contribution < 1.29 is 4.74 Å². The zero-order valence-corrected chi connectivity index (χ0v) is 17.1. The van der Waals surface area contributed by atoms with E-state index in [1.54, 1.807) is 11.8 Å². The van der Waals surface area contributed by atoms with E-state index in [-0.39, 0.29) is 5.60 Å². The second-order valence-corrected chi connectivity index (χ2v) is 9.49. The molecule has 2 aliphatic heterocycles. The highest BCUT2D eigenvalue weighted by Crippen LogP contribution is 2.43. The molecule has 1 unspecified atom stereocenters. The summed E-state index contributed by atoms with van der Waals surface area (Å²) in [5.41, 5.74) is 2.43. The third-order valence-electron chi connectivity index (χ3n) is 5.36. The predicted octanol–water partition coefficient (Wildman–Crippen LogP) is 5.04. The van der Waals surface area contributed by atoms with Gasteiger partial charge in [0.05, 0.1) is 22.4 Å². The van der Waals surface area contributed by atoms with Gasteiger partial charge in [0.25, 0.3) is 0 Å². The summed E-state index contributed by atoms with van der Waals surface area (Å²) in [5.74, 6) is 2.24. The summed E-state index contributed by atoms with van der Waals surface area (Å²) in [7, 11) is 0. The van der Waals surface area contributed by atoms with Gasteiger partial charge in [0.15, 0.2) is 11.0 Å². The Bertz CT molecular complexity index is 770. The molecular formula is C19H27N3OS2. The van der Waals surface area contributed by atoms with E-state index in [0.717, 1.165) is 48.8 Å². The molecule has 0 bridgehead atoms. The van der Waals surface area contributed by atoms with Crippen LogP contribution in [0.5, 0.6) is 0 Å². The second-order valence-electron chi connectivity index (χ2n) is 7.32. The molecule has 6 heteroatoms. The van der Waals surface area contributed by atoms with Gasteiger partial charge in [0.1, 0.15) is 0 Å². The maximum atomic E-state index is 6.22. The first-order valence-corrected chi connectivity index (χ1v) is 11.3. The Kier molecular flexibility index (Phi) is 4.95. The quantitative estimate of drug-likeness (QED) is 0.539. The molecule has 0 saturated carbocycles. The average Bonchev–Trinajstić information content (AvgIpc) is 3.26. The van der Waals surface area contributed by atoms with E-state index >= 15 is 0 Å². The first-order valence-electron chi connectivity index (χ1n) is 9.47. The molecule has 4 rings (SSSR count). The van der Waals surface area contributed by atoms with Gasteiger partial charge in [-0.05, 0) is 32.6 Å². The van der Waals surface area contributed by atoms with Gasteiger partial charge >= 0.3 is 0 Å². The smallest absolute Gasteiger partial charge is 0.190 e. The lowest BCUT2D eigenvalue weighted by Gasteiger charge is -2.32. The lowest BCUT2D eigenvalue weighted by atomic mass is 9.93. The molecule has 0 spiro atoms. The van der Waals surface area contributed by atoms with E-state index in [1.807, 2.05) is 11.3 Å². The highest BCUT2D eigenvalue weighted by atomic mass is 32.2. The van der Waals surface area contributed by atoms with Crippen molar-refractivity contribution in [1.29, 1.82) is 0 Å². The fourth-order valence-electron chi connectivity index (χ4n) is 3.59. The van der Waals surface area contributed by atoms with Gasteiger partial charge in [0.2, 0.25) is 0 Å². The molecule has 4 nitrogen and oxygen atoms in total. The van der Waals surface area contributed by atoms with E-state index in [4.69, 9.17) is 14.7 Å². The summed E-state index contributed by atoms with van der Waals surface area (Å²) < 4.78 is 7.49. The molecule has 4 heterocycles. The van der Waals surface area contributed by atoms with Crippen LogP contribution in [0.15, 0.2) is 5.16 Å². The topological polar surface area (TPSA) is 38.2 Å². The number of thioether (sulfide) groups is 1. The lowest BCUT2D eigenvalue weighted by molar-refractivity contribution is -0.0546. The van der Waals surface area contributed by atoms with E-state index in [0.29, 0.717) is 6.61 Å². The molecule has 1 fully saturated rings. The van der Waals surface area contributed by atoms with E-state index in [9.17, 15) is 0 Å². The zero-order valence-electron chi connectivity index (χ0n) is 15.4. The van der Waals surface area contributed by atoms with Crippen molar-refractivity contribution in [3.8, 4) is 0 Å². The minimum atomic E-state index is -0.0328. The Hall–Kier alpha value is -0.850. The van der Waals surface area contributed by atoms with Crippen molar-refractivity contribution in [2.45, 2.75) is 70.2 Å². The van der Waals surface area contributed by atoms with E-state index in [1.165, 1.54) is 33.8 Å². The first kappa shape index (κ1) is 17.6. The maximum Gasteiger partial charge on any atom is 0.190 e. The summed E-state index contributed by atoms with van der Waals surface area (Å²) in [6.07, 6.45) is 5.72. The van der Waals surface area contributed by atoms with Crippen molar-refractivity contribution in [2.24, 2.45) is 0 Å². The van der Waals surface area contributed by atoms with E-state index in [2.05, 4.69) is 25.7 Å². The van der Waals surface area contributed by atoms with Crippen molar-refractivity contribution in [3.63, 3.8) is 0 Å². The second kappa shape index (κ2) is 7.05. The SMILES string of the molecule is CCCSc1nc(N2CCCC2)c2sc3c(c2n1)COC(C)(CC)C3. The fourth-order valence-corrected chi connectivity index (χ4v) is 5.72. The molecule has 2 aromatic heterocycles. The summed E-state index contributed by atoms with van der Waals surface area (Å²) >= 11 is 3.69. The average molecular weight is 378 g/mol. The normalized spacial score (nSPS) is 23.4. The lowest BCUT2D eigenvalue weighted by Crippen LogP contribution is -2.33. The van der Waals surface area contributed by atoms with Crippen LogP contribution in [0.2, 0.25) is 0 Å². The van der Waals surface area contributed by atoms with Gasteiger partial charge in [-0.2, -0.15) is 0 Å². The molecule has 2 aromatic rings. The Morgan fingerprint density at radius 3 is 2.76 bits per heavy atom. The van der Waals surface area contributed by atoms with Gasteiger partial charge in [-0.3, -0.25) is 0 Å². The first-order chi connectivity index (χ1) is 12.1. The summed E-state index contributed by atoms with van der Waals surface area (Å²) in [5, 5.41) is 0.931. The molecule has 136 valence electrons. The van der Waals surface area contributed by atoms with Crippen LogP contribution >= 0.6 is 23.1 Å². The van der Waals surface area contributed by atoms with E-state index < -0.39 is 0 Å².